The van der Waals surface area contributed by atoms with E-state index in [1.807, 2.05) is 24.4 Å². The summed E-state index contributed by atoms with van der Waals surface area (Å²) in [5.41, 5.74) is 4.79. The number of pyridine rings is 1. The second-order valence-corrected chi connectivity index (χ2v) is 7.57. The first-order valence-corrected chi connectivity index (χ1v) is 9.93. The predicted octanol–water partition coefficient (Wildman–Crippen LogP) is 2.86. The average molecular weight is 400 g/mol. The van der Waals surface area contributed by atoms with Gasteiger partial charge in [-0.25, -0.2) is 0 Å². The highest BCUT2D eigenvalue weighted by atomic mass is 16.2. The number of fused-ring (bicyclic) bond motifs is 2. The first kappa shape index (κ1) is 18.3. The fraction of sp³-hybridized carbons (Fsp3) is 0.217. The maximum atomic E-state index is 13.1. The number of carbonyl (C=O) groups excluding carboxylic acids is 3. The van der Waals surface area contributed by atoms with Crippen molar-refractivity contribution >= 4 is 34.3 Å². The number of nitrogens with one attached hydrogen (secondary N) is 1. The predicted molar refractivity (Wildman–Crippen MR) is 112 cm³/mol. The van der Waals surface area contributed by atoms with Gasteiger partial charge in [0.15, 0.2) is 0 Å². The number of imide groups is 1. The van der Waals surface area contributed by atoms with Crippen LogP contribution in [0.2, 0.25) is 0 Å². The van der Waals surface area contributed by atoms with Crippen LogP contribution in [0.25, 0.3) is 16.6 Å². The van der Waals surface area contributed by atoms with Crippen LogP contribution in [0.15, 0.2) is 54.9 Å². The summed E-state index contributed by atoms with van der Waals surface area (Å²) in [4.78, 5) is 48.9. The quantitative estimate of drug-likeness (QED) is 0.685. The third kappa shape index (κ3) is 2.74. The molecule has 0 spiro atoms. The lowest BCUT2D eigenvalue weighted by Crippen LogP contribution is -2.50. The highest BCUT2D eigenvalue weighted by Crippen LogP contribution is 2.29. The van der Waals surface area contributed by atoms with E-state index < -0.39 is 17.9 Å². The lowest BCUT2D eigenvalue weighted by Gasteiger charge is -2.31. The monoisotopic (exact) mass is 400 g/mol. The lowest BCUT2D eigenvalue weighted by atomic mass is 10.0. The van der Waals surface area contributed by atoms with E-state index in [1.54, 1.807) is 42.3 Å². The van der Waals surface area contributed by atoms with Crippen molar-refractivity contribution in [2.75, 3.05) is 13.1 Å². The van der Waals surface area contributed by atoms with Crippen molar-refractivity contribution in [3.05, 3.63) is 71.6 Å². The molecule has 0 radical (unpaired) electrons. The van der Waals surface area contributed by atoms with Gasteiger partial charge in [0.1, 0.15) is 6.04 Å². The molecular formula is C23H20N4O3. The van der Waals surface area contributed by atoms with Gasteiger partial charge in [-0.2, -0.15) is 0 Å². The minimum absolute atomic E-state index is 0.225. The highest BCUT2D eigenvalue weighted by Gasteiger charge is 2.41. The Kier molecular flexibility index (Phi) is 4.24. The molecule has 2 aromatic heterocycles. The molecule has 3 amide bonds. The summed E-state index contributed by atoms with van der Waals surface area (Å²) in [6.45, 7) is 2.58. The van der Waals surface area contributed by atoms with Crippen molar-refractivity contribution in [2.24, 2.45) is 0 Å². The Bertz CT molecular complexity index is 1190. The summed E-state index contributed by atoms with van der Waals surface area (Å²) in [6, 6.07) is 9.71. The topological polar surface area (TPSA) is 86.4 Å². The van der Waals surface area contributed by atoms with Gasteiger partial charge < -0.3 is 9.88 Å². The summed E-state index contributed by atoms with van der Waals surface area (Å²) in [5, 5.41) is 0. The molecule has 7 nitrogen and oxygen atoms in total. The van der Waals surface area contributed by atoms with Crippen LogP contribution >= 0.6 is 0 Å². The van der Waals surface area contributed by atoms with Crippen LogP contribution in [0, 0.1) is 0 Å². The van der Waals surface area contributed by atoms with Gasteiger partial charge in [-0.1, -0.05) is 18.2 Å². The van der Waals surface area contributed by atoms with Crippen LogP contribution in [0.5, 0.6) is 0 Å². The van der Waals surface area contributed by atoms with Crippen molar-refractivity contribution in [1.82, 2.24) is 19.8 Å². The molecule has 0 fully saturated rings. The fourth-order valence-electron chi connectivity index (χ4n) is 4.25. The van der Waals surface area contributed by atoms with Crippen molar-refractivity contribution in [3.8, 4) is 0 Å². The maximum Gasteiger partial charge on any atom is 0.262 e. The molecular weight excluding hydrogens is 380 g/mol. The minimum Gasteiger partial charge on any atom is -0.359 e. The Morgan fingerprint density at radius 3 is 2.47 bits per heavy atom. The molecule has 2 aliphatic rings. The van der Waals surface area contributed by atoms with Crippen LogP contribution < -0.4 is 0 Å². The summed E-state index contributed by atoms with van der Waals surface area (Å²) < 4.78 is 0. The van der Waals surface area contributed by atoms with Gasteiger partial charge in [-0.3, -0.25) is 24.3 Å². The van der Waals surface area contributed by atoms with Crippen LogP contribution in [0.1, 0.15) is 39.6 Å². The minimum atomic E-state index is -0.845. The highest BCUT2D eigenvalue weighted by molar-refractivity contribution is 6.22. The van der Waals surface area contributed by atoms with E-state index in [2.05, 4.69) is 9.97 Å². The number of rotatable bonds is 3. The first-order chi connectivity index (χ1) is 14.6. The van der Waals surface area contributed by atoms with E-state index in [0.717, 1.165) is 27.1 Å². The van der Waals surface area contributed by atoms with Crippen molar-refractivity contribution in [1.29, 1.82) is 0 Å². The third-order valence-corrected chi connectivity index (χ3v) is 5.87. The van der Waals surface area contributed by atoms with Crippen molar-refractivity contribution in [3.63, 3.8) is 0 Å². The molecule has 2 aliphatic heterocycles. The van der Waals surface area contributed by atoms with Crippen LogP contribution in [-0.2, 0) is 4.79 Å². The molecule has 0 bridgehead atoms. The number of hydrogen-bond donors (Lipinski definition) is 1. The summed E-state index contributed by atoms with van der Waals surface area (Å²) in [5.74, 6) is -1.04. The number of amides is 3. The molecule has 0 saturated heterocycles. The Balaban J connectivity index is 1.33. The lowest BCUT2D eigenvalue weighted by molar-refractivity contribution is -0.134. The summed E-state index contributed by atoms with van der Waals surface area (Å²) in [6.07, 6.45) is 6.42. The van der Waals surface area contributed by atoms with E-state index in [0.29, 0.717) is 30.6 Å². The Hall–Kier alpha value is -3.74. The van der Waals surface area contributed by atoms with Crippen molar-refractivity contribution < 1.29 is 14.4 Å². The van der Waals surface area contributed by atoms with Crippen LogP contribution in [-0.4, -0.2) is 56.6 Å². The number of benzene rings is 1. The molecule has 7 heteroatoms. The zero-order chi connectivity index (χ0) is 20.8. The Morgan fingerprint density at radius 1 is 1.07 bits per heavy atom. The molecule has 150 valence electrons. The molecule has 1 N–H and O–H groups in total. The number of H-pyrrole nitrogens is 1. The standard InChI is InChI=1S/C23H20N4O3/c1-14(27-22(29)16-5-2-3-6-17(16)23(27)30)21(28)26-11-8-15(9-12-26)18-13-25-19-7-4-10-24-20(18)19/h2-8,10,13-14,25H,9,11-12H2,1H3. The molecule has 5 rings (SSSR count). The van der Waals surface area contributed by atoms with Crippen LogP contribution in [0.4, 0.5) is 0 Å². The van der Waals surface area contributed by atoms with Gasteiger partial charge in [0.05, 0.1) is 22.2 Å². The zero-order valence-electron chi connectivity index (χ0n) is 16.5. The first-order valence-electron chi connectivity index (χ1n) is 9.93. The number of nitrogens with zero attached hydrogens (tertiary/aromatic N) is 3. The molecule has 1 aromatic carbocycles. The normalized spacial score (nSPS) is 17.3. The van der Waals surface area contributed by atoms with Gasteiger partial charge in [0.25, 0.3) is 11.8 Å². The third-order valence-electron chi connectivity index (χ3n) is 5.87. The number of aromatic amines is 1. The molecule has 1 atom stereocenters. The van der Waals surface area contributed by atoms with E-state index in [-0.39, 0.29) is 5.91 Å². The SMILES string of the molecule is CC(C(=O)N1CC=C(c2c[nH]c3cccnc23)CC1)N1C(=O)c2ccccc2C1=O. The summed E-state index contributed by atoms with van der Waals surface area (Å²) in [7, 11) is 0. The summed E-state index contributed by atoms with van der Waals surface area (Å²) >= 11 is 0. The largest absolute Gasteiger partial charge is 0.359 e. The molecule has 3 aromatic rings. The van der Waals surface area contributed by atoms with E-state index >= 15 is 0 Å². The fourth-order valence-corrected chi connectivity index (χ4v) is 4.25. The molecule has 30 heavy (non-hydrogen) atoms. The second kappa shape index (κ2) is 6.95. The van der Waals surface area contributed by atoms with E-state index in [9.17, 15) is 14.4 Å². The van der Waals surface area contributed by atoms with Crippen LogP contribution in [0.3, 0.4) is 0 Å². The van der Waals surface area contributed by atoms with Crippen molar-refractivity contribution in [2.45, 2.75) is 19.4 Å². The molecule has 0 aliphatic carbocycles. The van der Waals surface area contributed by atoms with Gasteiger partial charge >= 0.3 is 0 Å². The van der Waals surface area contributed by atoms with E-state index in [4.69, 9.17) is 0 Å². The molecule has 0 saturated carbocycles. The maximum absolute atomic E-state index is 13.1. The van der Waals surface area contributed by atoms with Gasteiger partial charge in [-0.05, 0) is 43.2 Å². The Labute approximate surface area is 173 Å². The van der Waals surface area contributed by atoms with Gasteiger partial charge in [-0.15, -0.1) is 0 Å². The van der Waals surface area contributed by atoms with E-state index in [1.165, 1.54) is 0 Å². The average Bonchev–Trinajstić information content (AvgIpc) is 3.32. The second-order valence-electron chi connectivity index (χ2n) is 7.57. The molecule has 4 heterocycles. The number of carbonyl (C=O) groups is 3. The van der Waals surface area contributed by atoms with Gasteiger partial charge in [0, 0.05) is 31.0 Å². The molecule has 1 unspecified atom stereocenters. The number of aromatic nitrogens is 2. The number of hydrogen-bond acceptors (Lipinski definition) is 4. The smallest absolute Gasteiger partial charge is 0.262 e. The Morgan fingerprint density at radius 2 is 1.80 bits per heavy atom. The van der Waals surface area contributed by atoms with Gasteiger partial charge in [0.2, 0.25) is 5.91 Å². The zero-order valence-corrected chi connectivity index (χ0v) is 16.5.